The van der Waals surface area contributed by atoms with E-state index in [0.717, 1.165) is 6.42 Å². The van der Waals surface area contributed by atoms with E-state index in [2.05, 4.69) is 206 Å². The molecule has 0 saturated carbocycles. The van der Waals surface area contributed by atoms with Crippen molar-refractivity contribution in [2.24, 2.45) is 7.05 Å². The SMILES string of the molecule is CCc1cccc(-c2ccccc2C)c1C.Cc1cc2c(c3ccccc13)-c1ccc(-c3ccc4c(c3)c3ccccc3n4C)cc1C2(C)C.Cc1ccccc1. The summed E-state index contributed by atoms with van der Waals surface area (Å²) in [5.41, 5.74) is 20.4. The highest BCUT2D eigenvalue weighted by Gasteiger charge is 2.37. The Hall–Kier alpha value is -6.18. The summed E-state index contributed by atoms with van der Waals surface area (Å²) in [6, 6.07) is 59.4. The number of benzene rings is 8. The summed E-state index contributed by atoms with van der Waals surface area (Å²) in [5, 5.41) is 5.36. The first kappa shape index (κ1) is 37.7. The molecule has 1 aliphatic carbocycles. The summed E-state index contributed by atoms with van der Waals surface area (Å²) in [4.78, 5) is 0. The summed E-state index contributed by atoms with van der Waals surface area (Å²) >= 11 is 0. The number of aromatic nitrogens is 1. The third kappa shape index (κ3) is 6.87. The van der Waals surface area contributed by atoms with E-state index in [9.17, 15) is 0 Å². The van der Waals surface area contributed by atoms with Crippen LogP contribution in [0.4, 0.5) is 0 Å². The van der Waals surface area contributed by atoms with Gasteiger partial charge in [0.1, 0.15) is 0 Å². The molecular formula is C56H53N. The number of hydrogen-bond acceptors (Lipinski definition) is 0. The van der Waals surface area contributed by atoms with Crippen molar-refractivity contribution in [1.29, 1.82) is 0 Å². The minimum Gasteiger partial charge on any atom is -0.344 e. The van der Waals surface area contributed by atoms with E-state index in [-0.39, 0.29) is 5.41 Å². The van der Waals surface area contributed by atoms with Crippen molar-refractivity contribution >= 4 is 32.6 Å². The second-order valence-electron chi connectivity index (χ2n) is 16.3. The molecule has 1 heterocycles. The molecule has 0 aliphatic heterocycles. The van der Waals surface area contributed by atoms with Gasteiger partial charge in [0.25, 0.3) is 0 Å². The Morgan fingerprint density at radius 2 is 1.07 bits per heavy atom. The van der Waals surface area contributed by atoms with Crippen LogP contribution in [-0.2, 0) is 18.9 Å². The highest BCUT2D eigenvalue weighted by molar-refractivity contribution is 6.09. The molecule has 0 radical (unpaired) electrons. The predicted octanol–water partition coefficient (Wildman–Crippen LogP) is 15.3. The fourth-order valence-corrected chi connectivity index (χ4v) is 9.06. The van der Waals surface area contributed by atoms with Gasteiger partial charge in [-0.1, -0.05) is 166 Å². The third-order valence-electron chi connectivity index (χ3n) is 12.3. The quantitative estimate of drug-likeness (QED) is 0.170. The number of para-hydroxylation sites is 1. The highest BCUT2D eigenvalue weighted by Crippen LogP contribution is 2.52. The normalized spacial score (nSPS) is 12.4. The number of nitrogens with zero attached hydrogens (tertiary/aromatic N) is 1. The highest BCUT2D eigenvalue weighted by atomic mass is 14.9. The van der Waals surface area contributed by atoms with Gasteiger partial charge in [-0.15, -0.1) is 0 Å². The van der Waals surface area contributed by atoms with Crippen LogP contribution in [0.2, 0.25) is 0 Å². The van der Waals surface area contributed by atoms with E-state index in [0.29, 0.717) is 0 Å². The lowest BCUT2D eigenvalue weighted by Crippen LogP contribution is -2.15. The van der Waals surface area contributed by atoms with Crippen molar-refractivity contribution in [2.45, 2.75) is 60.3 Å². The molecule has 0 atom stereocenters. The van der Waals surface area contributed by atoms with Crippen LogP contribution in [-0.4, -0.2) is 4.57 Å². The number of hydrogen-bond donors (Lipinski definition) is 0. The Morgan fingerprint density at radius 1 is 0.456 bits per heavy atom. The molecule has 282 valence electrons. The topological polar surface area (TPSA) is 4.93 Å². The fourth-order valence-electron chi connectivity index (χ4n) is 9.06. The molecule has 0 bridgehead atoms. The molecule has 1 aliphatic rings. The van der Waals surface area contributed by atoms with Gasteiger partial charge < -0.3 is 4.57 Å². The molecule has 0 fully saturated rings. The van der Waals surface area contributed by atoms with Crippen LogP contribution < -0.4 is 0 Å². The van der Waals surface area contributed by atoms with Crippen molar-refractivity contribution < 1.29 is 0 Å². The van der Waals surface area contributed by atoms with Crippen LogP contribution in [0.15, 0.2) is 164 Å². The molecule has 9 aromatic rings. The van der Waals surface area contributed by atoms with Gasteiger partial charge in [0.2, 0.25) is 0 Å². The minimum absolute atomic E-state index is 0.0288. The number of rotatable bonds is 3. The number of fused-ring (bicyclic) bond motifs is 8. The monoisotopic (exact) mass is 739 g/mol. The van der Waals surface area contributed by atoms with Crippen molar-refractivity contribution in [3.8, 4) is 33.4 Å². The van der Waals surface area contributed by atoms with E-state index in [4.69, 9.17) is 0 Å². The van der Waals surface area contributed by atoms with Crippen molar-refractivity contribution in [1.82, 2.24) is 4.57 Å². The summed E-state index contributed by atoms with van der Waals surface area (Å²) in [5.74, 6) is 0. The van der Waals surface area contributed by atoms with Crippen LogP contribution in [0.3, 0.4) is 0 Å². The van der Waals surface area contributed by atoms with Crippen LogP contribution in [0.1, 0.15) is 59.7 Å². The van der Waals surface area contributed by atoms with Gasteiger partial charge in [0.15, 0.2) is 0 Å². The number of aryl methyl sites for hydroxylation is 5. The smallest absolute Gasteiger partial charge is 0.0489 e. The Morgan fingerprint density at radius 3 is 1.79 bits per heavy atom. The maximum Gasteiger partial charge on any atom is 0.0489 e. The van der Waals surface area contributed by atoms with Crippen molar-refractivity contribution in [2.75, 3.05) is 0 Å². The van der Waals surface area contributed by atoms with E-state index >= 15 is 0 Å². The molecule has 8 aromatic carbocycles. The van der Waals surface area contributed by atoms with Crippen LogP contribution in [0, 0.1) is 27.7 Å². The molecule has 0 unspecified atom stereocenters. The standard InChI is InChI=1S/C33H27N.C16H18.C7H8/c1-20-17-29-32(25-11-6-5-9-23(20)25)26-15-13-22(19-28(26)33(29,2)3)21-14-16-31-27(18-21)24-10-7-8-12-30(24)34(31)4;1-4-14-9-7-11-16(13(14)3)15-10-6-5-8-12(15)2;1-7-5-3-2-4-6-7/h5-19H,1-4H3;5-11H,4H2,1-3H3;2-6H,1H3. The van der Waals surface area contributed by atoms with Crippen LogP contribution in [0.5, 0.6) is 0 Å². The van der Waals surface area contributed by atoms with Gasteiger partial charge in [-0.2, -0.15) is 0 Å². The first-order valence-electron chi connectivity index (χ1n) is 20.4. The minimum atomic E-state index is -0.0288. The fraction of sp³-hybridized carbons (Fsp3) is 0.179. The second kappa shape index (κ2) is 15.4. The molecule has 0 saturated heterocycles. The lowest BCUT2D eigenvalue weighted by molar-refractivity contribution is 0.660. The Kier molecular flexibility index (Phi) is 10.2. The molecule has 0 spiro atoms. The van der Waals surface area contributed by atoms with Gasteiger partial charge in [0, 0.05) is 34.3 Å². The maximum absolute atomic E-state index is 2.44. The molecule has 0 N–H and O–H groups in total. The van der Waals surface area contributed by atoms with Crippen LogP contribution in [0.25, 0.3) is 66.0 Å². The molecule has 0 amide bonds. The predicted molar refractivity (Wildman–Crippen MR) is 248 cm³/mol. The first-order chi connectivity index (χ1) is 27.6. The Labute approximate surface area is 339 Å². The zero-order valence-electron chi connectivity index (χ0n) is 34.7. The Bertz CT molecular complexity index is 2900. The van der Waals surface area contributed by atoms with Gasteiger partial charge >= 0.3 is 0 Å². The Balaban J connectivity index is 0.000000163. The van der Waals surface area contributed by atoms with E-state index < -0.39 is 0 Å². The molecule has 1 nitrogen and oxygen atoms in total. The van der Waals surface area contributed by atoms with E-state index in [1.807, 2.05) is 18.2 Å². The third-order valence-corrected chi connectivity index (χ3v) is 12.3. The lowest BCUT2D eigenvalue weighted by atomic mass is 9.80. The van der Waals surface area contributed by atoms with Gasteiger partial charge in [-0.3, -0.25) is 0 Å². The first-order valence-corrected chi connectivity index (χ1v) is 20.4. The average molecular weight is 740 g/mol. The summed E-state index contributed by atoms with van der Waals surface area (Å²) in [6.45, 7) is 15.7. The summed E-state index contributed by atoms with van der Waals surface area (Å²) in [7, 11) is 2.16. The summed E-state index contributed by atoms with van der Waals surface area (Å²) < 4.78 is 2.30. The maximum atomic E-state index is 2.44. The zero-order valence-corrected chi connectivity index (χ0v) is 34.7. The van der Waals surface area contributed by atoms with Gasteiger partial charge in [-0.05, 0) is 136 Å². The van der Waals surface area contributed by atoms with Crippen molar-refractivity contribution in [3.05, 3.63) is 203 Å². The lowest BCUT2D eigenvalue weighted by Gasteiger charge is -2.23. The molecular weight excluding hydrogens is 687 g/mol. The largest absolute Gasteiger partial charge is 0.344 e. The molecule has 1 heteroatoms. The second-order valence-corrected chi connectivity index (χ2v) is 16.3. The van der Waals surface area contributed by atoms with E-state index in [1.165, 1.54) is 105 Å². The zero-order chi connectivity index (χ0) is 39.8. The van der Waals surface area contributed by atoms with E-state index in [1.54, 1.807) is 0 Å². The van der Waals surface area contributed by atoms with Gasteiger partial charge in [-0.25, -0.2) is 0 Å². The molecule has 10 rings (SSSR count). The van der Waals surface area contributed by atoms with Gasteiger partial charge in [0.05, 0.1) is 0 Å². The molecule has 57 heavy (non-hydrogen) atoms. The average Bonchev–Trinajstić information content (AvgIpc) is 3.64. The summed E-state index contributed by atoms with van der Waals surface area (Å²) in [6.07, 6.45) is 1.10. The van der Waals surface area contributed by atoms with Crippen LogP contribution >= 0.6 is 0 Å². The van der Waals surface area contributed by atoms with Crippen molar-refractivity contribution in [3.63, 3.8) is 0 Å². The molecule has 1 aromatic heterocycles.